The molecule has 180 valence electrons. The van der Waals surface area contributed by atoms with Gasteiger partial charge in [0, 0.05) is 45.6 Å². The summed E-state index contributed by atoms with van der Waals surface area (Å²) in [7, 11) is 5.50. The Kier molecular flexibility index (Phi) is 6.69. The van der Waals surface area contributed by atoms with E-state index in [9.17, 15) is 9.59 Å². The van der Waals surface area contributed by atoms with Crippen LogP contribution >= 0.6 is 0 Å². The van der Waals surface area contributed by atoms with Gasteiger partial charge in [0.25, 0.3) is 5.91 Å². The number of hydrogen-bond donors (Lipinski definition) is 1. The molecule has 0 radical (unpaired) electrons. The highest BCUT2D eigenvalue weighted by Crippen LogP contribution is 2.24. The number of urea groups is 1. The Morgan fingerprint density at radius 1 is 1.09 bits per heavy atom. The third-order valence-corrected chi connectivity index (χ3v) is 5.77. The molecule has 2 aromatic heterocycles. The van der Waals surface area contributed by atoms with E-state index in [1.807, 2.05) is 54.5 Å². The second-order valence-corrected chi connectivity index (χ2v) is 8.97. The number of pyridine rings is 1. The van der Waals surface area contributed by atoms with E-state index in [1.165, 1.54) is 0 Å². The van der Waals surface area contributed by atoms with Gasteiger partial charge in [-0.2, -0.15) is 0 Å². The fourth-order valence-corrected chi connectivity index (χ4v) is 3.97. The SMILES string of the molecule is CC(C)Oc1ccc(NC(=O)c2ccc3nnc(C4CN(C(=O)N(C)C)CCN4C)n3c2)cc1. The first-order valence-electron chi connectivity index (χ1n) is 11.3. The molecule has 10 nitrogen and oxygen atoms in total. The molecule has 1 aliphatic heterocycles. The molecule has 1 saturated heterocycles. The number of fused-ring (bicyclic) bond motifs is 1. The Balaban J connectivity index is 1.55. The summed E-state index contributed by atoms with van der Waals surface area (Å²) >= 11 is 0. The van der Waals surface area contributed by atoms with E-state index in [2.05, 4.69) is 20.4 Å². The van der Waals surface area contributed by atoms with Crippen LogP contribution in [-0.4, -0.2) is 88.1 Å². The van der Waals surface area contributed by atoms with Crippen LogP contribution in [0.25, 0.3) is 5.65 Å². The molecule has 10 heteroatoms. The third-order valence-electron chi connectivity index (χ3n) is 5.77. The van der Waals surface area contributed by atoms with Crippen LogP contribution in [0, 0.1) is 0 Å². The summed E-state index contributed by atoms with van der Waals surface area (Å²) in [6, 6.07) is 10.6. The molecule has 0 saturated carbocycles. The van der Waals surface area contributed by atoms with E-state index >= 15 is 0 Å². The maximum Gasteiger partial charge on any atom is 0.319 e. The molecule has 4 rings (SSSR count). The molecule has 34 heavy (non-hydrogen) atoms. The van der Waals surface area contributed by atoms with Crippen molar-refractivity contribution in [2.75, 3.05) is 46.1 Å². The largest absolute Gasteiger partial charge is 0.491 e. The highest BCUT2D eigenvalue weighted by molar-refractivity contribution is 6.04. The summed E-state index contributed by atoms with van der Waals surface area (Å²) in [6.45, 7) is 5.79. The molecule has 3 aromatic rings. The van der Waals surface area contributed by atoms with E-state index in [0.29, 0.717) is 35.8 Å². The van der Waals surface area contributed by atoms with Gasteiger partial charge in [0.1, 0.15) is 5.75 Å². The van der Waals surface area contributed by atoms with Gasteiger partial charge in [-0.15, -0.1) is 10.2 Å². The maximum absolute atomic E-state index is 12.9. The molecular formula is C24H31N7O3. The summed E-state index contributed by atoms with van der Waals surface area (Å²) in [5.74, 6) is 1.21. The van der Waals surface area contributed by atoms with Gasteiger partial charge in [0.15, 0.2) is 11.5 Å². The van der Waals surface area contributed by atoms with Crippen LogP contribution in [-0.2, 0) is 0 Å². The van der Waals surface area contributed by atoms with Crippen molar-refractivity contribution in [3.63, 3.8) is 0 Å². The van der Waals surface area contributed by atoms with Crippen molar-refractivity contribution in [2.24, 2.45) is 0 Å². The number of nitrogens with zero attached hydrogens (tertiary/aromatic N) is 6. The Morgan fingerprint density at radius 2 is 1.82 bits per heavy atom. The number of carbonyl (C=O) groups is 2. The number of carbonyl (C=O) groups excluding carboxylic acids is 2. The first kappa shape index (κ1) is 23.5. The second kappa shape index (κ2) is 9.68. The molecule has 1 unspecified atom stereocenters. The number of nitrogens with one attached hydrogen (secondary N) is 1. The molecule has 0 aliphatic carbocycles. The zero-order valence-electron chi connectivity index (χ0n) is 20.2. The number of ether oxygens (including phenoxy) is 1. The highest BCUT2D eigenvalue weighted by Gasteiger charge is 2.32. The maximum atomic E-state index is 12.9. The molecule has 1 atom stereocenters. The monoisotopic (exact) mass is 465 g/mol. The van der Waals surface area contributed by atoms with Gasteiger partial charge in [0.05, 0.1) is 17.7 Å². The first-order valence-corrected chi connectivity index (χ1v) is 11.3. The van der Waals surface area contributed by atoms with Crippen LogP contribution in [0.2, 0.25) is 0 Å². The lowest BCUT2D eigenvalue weighted by molar-refractivity contribution is 0.0933. The Hall–Kier alpha value is -3.66. The fraction of sp³-hybridized carbons (Fsp3) is 0.417. The van der Waals surface area contributed by atoms with Crippen LogP contribution < -0.4 is 10.1 Å². The Morgan fingerprint density at radius 3 is 2.50 bits per heavy atom. The first-order chi connectivity index (χ1) is 16.2. The van der Waals surface area contributed by atoms with E-state index in [-0.39, 0.29) is 24.1 Å². The summed E-state index contributed by atoms with van der Waals surface area (Å²) in [5, 5.41) is 11.6. The molecule has 0 spiro atoms. The van der Waals surface area contributed by atoms with Crippen molar-refractivity contribution < 1.29 is 14.3 Å². The lowest BCUT2D eigenvalue weighted by atomic mass is 10.1. The zero-order chi connectivity index (χ0) is 24.4. The number of amides is 3. The van der Waals surface area contributed by atoms with E-state index < -0.39 is 0 Å². The molecule has 1 N–H and O–H groups in total. The molecule has 0 bridgehead atoms. The van der Waals surface area contributed by atoms with Crippen molar-refractivity contribution in [1.82, 2.24) is 29.3 Å². The number of anilines is 1. The van der Waals surface area contributed by atoms with Crippen molar-refractivity contribution in [1.29, 1.82) is 0 Å². The number of aromatic nitrogens is 3. The standard InChI is InChI=1S/C24H31N7O3/c1-16(2)34-19-9-7-18(8-10-19)25-23(32)17-6-11-21-26-27-22(31(21)14-17)20-15-30(13-12-29(20)5)24(33)28(3)4/h6-11,14,16,20H,12-13,15H2,1-5H3,(H,25,32). The number of piperazine rings is 1. The molecule has 1 aromatic carbocycles. The Labute approximate surface area is 199 Å². The van der Waals surface area contributed by atoms with Gasteiger partial charge in [-0.25, -0.2) is 4.79 Å². The van der Waals surface area contributed by atoms with Crippen LogP contribution in [0.5, 0.6) is 5.75 Å². The number of rotatable bonds is 5. The minimum Gasteiger partial charge on any atom is -0.491 e. The summed E-state index contributed by atoms with van der Waals surface area (Å²) < 4.78 is 7.48. The van der Waals surface area contributed by atoms with Crippen LogP contribution in [0.15, 0.2) is 42.6 Å². The molecule has 3 amide bonds. The van der Waals surface area contributed by atoms with E-state index in [0.717, 1.165) is 12.3 Å². The van der Waals surface area contributed by atoms with E-state index in [1.54, 1.807) is 37.3 Å². The van der Waals surface area contributed by atoms with Gasteiger partial charge in [-0.05, 0) is 57.3 Å². The molecule has 3 heterocycles. The summed E-state index contributed by atoms with van der Waals surface area (Å²) in [5.41, 5.74) is 1.80. The minimum atomic E-state index is -0.236. The predicted molar refractivity (Wildman–Crippen MR) is 129 cm³/mol. The van der Waals surface area contributed by atoms with Crippen LogP contribution in [0.3, 0.4) is 0 Å². The smallest absolute Gasteiger partial charge is 0.319 e. The van der Waals surface area contributed by atoms with Crippen molar-refractivity contribution >= 4 is 23.3 Å². The second-order valence-electron chi connectivity index (χ2n) is 8.97. The summed E-state index contributed by atoms with van der Waals surface area (Å²) in [4.78, 5) is 31.0. The topological polar surface area (TPSA) is 95.3 Å². The van der Waals surface area contributed by atoms with Gasteiger partial charge in [0.2, 0.25) is 0 Å². The molecule has 1 aliphatic rings. The molecule has 1 fully saturated rings. The normalized spacial score (nSPS) is 16.6. The van der Waals surface area contributed by atoms with Crippen LogP contribution in [0.4, 0.5) is 10.5 Å². The fourth-order valence-electron chi connectivity index (χ4n) is 3.97. The van der Waals surface area contributed by atoms with Gasteiger partial charge in [-0.3, -0.25) is 14.1 Å². The van der Waals surface area contributed by atoms with E-state index in [4.69, 9.17) is 4.74 Å². The summed E-state index contributed by atoms with van der Waals surface area (Å²) in [6.07, 6.45) is 1.83. The van der Waals surface area contributed by atoms with Crippen molar-refractivity contribution in [3.8, 4) is 5.75 Å². The Bertz CT molecular complexity index is 1170. The predicted octanol–water partition coefficient (Wildman–Crippen LogP) is 2.74. The van der Waals surface area contributed by atoms with Crippen molar-refractivity contribution in [3.05, 3.63) is 54.0 Å². The lowest BCUT2D eigenvalue weighted by Gasteiger charge is -2.39. The minimum absolute atomic E-state index is 0.0307. The number of likely N-dealkylation sites (N-methyl/N-ethyl adjacent to an activating group) is 1. The number of hydrogen-bond acceptors (Lipinski definition) is 6. The quantitative estimate of drug-likeness (QED) is 0.623. The third kappa shape index (κ3) is 4.96. The zero-order valence-corrected chi connectivity index (χ0v) is 20.2. The lowest BCUT2D eigenvalue weighted by Crippen LogP contribution is -2.52. The van der Waals surface area contributed by atoms with Gasteiger partial charge < -0.3 is 19.9 Å². The number of benzene rings is 1. The molecular weight excluding hydrogens is 434 g/mol. The average Bonchev–Trinajstić information content (AvgIpc) is 3.23. The van der Waals surface area contributed by atoms with Gasteiger partial charge in [-0.1, -0.05) is 0 Å². The van der Waals surface area contributed by atoms with Gasteiger partial charge >= 0.3 is 6.03 Å². The highest BCUT2D eigenvalue weighted by atomic mass is 16.5. The van der Waals surface area contributed by atoms with Crippen molar-refractivity contribution in [2.45, 2.75) is 26.0 Å². The van der Waals surface area contributed by atoms with Crippen LogP contribution in [0.1, 0.15) is 36.1 Å². The average molecular weight is 466 g/mol.